The molecule has 0 aromatic carbocycles. The Labute approximate surface area is 225 Å². The normalized spacial score (nSPS) is 29.2. The number of carbonyl (C=O) groups is 4. The van der Waals surface area contributed by atoms with Crippen LogP contribution in [0.3, 0.4) is 0 Å². The van der Waals surface area contributed by atoms with Crippen LogP contribution in [0.4, 0.5) is 8.78 Å². The number of carbonyl (C=O) groups excluding carboxylic acids is 4. The number of nitrogens with one attached hydrogen (secondary N) is 2. The fourth-order valence-electron chi connectivity index (χ4n) is 3.69. The van der Waals surface area contributed by atoms with E-state index in [0.717, 1.165) is 19.2 Å². The minimum atomic E-state index is -4.56. The van der Waals surface area contributed by atoms with Crippen LogP contribution in [-0.2, 0) is 42.5 Å². The lowest BCUT2D eigenvalue weighted by Crippen LogP contribution is -2.52. The molecule has 1 fully saturated rings. The van der Waals surface area contributed by atoms with Crippen LogP contribution < -0.4 is 10.2 Å². The van der Waals surface area contributed by atoms with E-state index in [1.54, 1.807) is 27.7 Å². The lowest BCUT2D eigenvalue weighted by atomic mass is 9.96. The Kier molecular flexibility index (Phi) is 10.5. The maximum atomic E-state index is 15.9. The monoisotopic (exact) mass is 583 g/mol. The summed E-state index contributed by atoms with van der Waals surface area (Å²) in [4.78, 5) is 48.9. The molecule has 13 nitrogen and oxygen atoms in total. The van der Waals surface area contributed by atoms with Crippen molar-refractivity contribution in [2.24, 2.45) is 0 Å². The number of hydrogen-bond donors (Lipinski definition) is 3. The van der Waals surface area contributed by atoms with Crippen molar-refractivity contribution in [3.63, 3.8) is 0 Å². The van der Waals surface area contributed by atoms with Gasteiger partial charge in [-0.05, 0) is 54.5 Å². The number of halogens is 2. The average Bonchev–Trinajstić information content (AvgIpc) is 2.97. The van der Waals surface area contributed by atoms with E-state index in [4.69, 9.17) is 18.7 Å². The van der Waals surface area contributed by atoms with Crippen molar-refractivity contribution in [2.45, 2.75) is 103 Å². The van der Waals surface area contributed by atoms with Gasteiger partial charge in [-0.2, -0.15) is 0 Å². The zero-order chi connectivity index (χ0) is 29.9. The minimum absolute atomic E-state index is 0.521. The first kappa shape index (κ1) is 32.9. The topological polar surface area (TPSA) is 170 Å². The van der Waals surface area contributed by atoms with Crippen LogP contribution in [0.15, 0.2) is 12.3 Å². The molecule has 0 saturated carbocycles. The van der Waals surface area contributed by atoms with E-state index in [9.17, 15) is 28.8 Å². The van der Waals surface area contributed by atoms with E-state index >= 15 is 8.78 Å². The summed E-state index contributed by atoms with van der Waals surface area (Å²) < 4.78 is 65.5. The van der Waals surface area contributed by atoms with Crippen LogP contribution in [0.1, 0.15) is 54.9 Å². The largest absolute Gasteiger partial charge is 0.462 e. The Balaban J connectivity index is 2.29. The third-order valence-corrected chi connectivity index (χ3v) is 7.55. The van der Waals surface area contributed by atoms with E-state index in [0.29, 0.717) is 4.90 Å². The summed E-state index contributed by atoms with van der Waals surface area (Å²) in [6.45, 7) is 8.28. The number of rotatable bonds is 12. The molecule has 2 aliphatic heterocycles. The van der Waals surface area contributed by atoms with Crippen LogP contribution in [-0.4, -0.2) is 88.4 Å². The number of alkyl halides is 2. The van der Waals surface area contributed by atoms with Crippen molar-refractivity contribution in [2.75, 3.05) is 6.61 Å². The Morgan fingerprint density at radius 2 is 1.59 bits per heavy atom. The number of nitrogens with zero attached hydrogens (tertiary/aromatic N) is 1. The van der Waals surface area contributed by atoms with Crippen LogP contribution in [0.2, 0.25) is 0 Å². The predicted octanol–water partition coefficient (Wildman–Crippen LogP) is 1.40. The van der Waals surface area contributed by atoms with Gasteiger partial charge in [-0.25, -0.2) is 19.0 Å². The Morgan fingerprint density at radius 1 is 1.10 bits per heavy atom. The second-order valence-corrected chi connectivity index (χ2v) is 11.9. The minimum Gasteiger partial charge on any atom is -0.462 e. The van der Waals surface area contributed by atoms with Crippen molar-refractivity contribution in [1.82, 2.24) is 15.1 Å². The van der Waals surface area contributed by atoms with E-state index < -0.39 is 92.5 Å². The highest BCUT2D eigenvalue weighted by atomic mass is 31.2. The third-order valence-electron chi connectivity index (χ3n) is 5.60. The maximum Gasteiger partial charge on any atom is 0.342 e. The number of esters is 2. The smallest absolute Gasteiger partial charge is 0.342 e. The highest BCUT2D eigenvalue weighted by Crippen LogP contribution is 2.47. The molecular formula is C23H36F2N3O10P. The van der Waals surface area contributed by atoms with Gasteiger partial charge in [0.05, 0.1) is 18.6 Å². The Bertz CT molecular complexity index is 1010. The first-order valence-electron chi connectivity index (χ1n) is 12.3. The molecule has 0 aromatic heterocycles. The van der Waals surface area contributed by atoms with Gasteiger partial charge >= 0.3 is 19.6 Å². The number of hydrogen-bond acceptors (Lipinski definition) is 10. The Hall–Kier alpha value is -2.29. The molecule has 0 bridgehead atoms. The molecule has 0 aliphatic carbocycles. The van der Waals surface area contributed by atoms with Gasteiger partial charge in [0.2, 0.25) is 5.91 Å². The van der Waals surface area contributed by atoms with Gasteiger partial charge in [0.15, 0.2) is 23.8 Å². The average molecular weight is 584 g/mol. The zero-order valence-electron chi connectivity index (χ0n) is 22.8. The SMILES string of the molecule is CC(C)OC(=O)[C@H](C)NP(=O)(N[C@@H](C)C(=O)OC(C)C)OC[C@@]1(F)O[C@@H](N2C=CC(=O)CC2=O)[C@](C)(F)[C@@H]1O. The van der Waals surface area contributed by atoms with Crippen LogP contribution >= 0.6 is 7.67 Å². The molecule has 0 spiro atoms. The fourth-order valence-corrected chi connectivity index (χ4v) is 5.50. The number of ketones is 1. The maximum absolute atomic E-state index is 15.9. The van der Waals surface area contributed by atoms with Gasteiger partial charge in [-0.15, -0.1) is 0 Å². The molecule has 6 atom stereocenters. The lowest BCUT2D eigenvalue weighted by molar-refractivity contribution is -0.209. The van der Waals surface area contributed by atoms with Crippen molar-refractivity contribution in [3.05, 3.63) is 12.3 Å². The first-order valence-corrected chi connectivity index (χ1v) is 13.9. The van der Waals surface area contributed by atoms with Crippen LogP contribution in [0.25, 0.3) is 0 Å². The summed E-state index contributed by atoms with van der Waals surface area (Å²) in [6.07, 6.45) is -4.32. The highest BCUT2D eigenvalue weighted by molar-refractivity contribution is 7.54. The van der Waals surface area contributed by atoms with Crippen molar-refractivity contribution < 1.29 is 56.4 Å². The molecule has 2 heterocycles. The molecule has 2 rings (SSSR count). The molecule has 16 heteroatoms. The quantitative estimate of drug-likeness (QED) is 0.172. The zero-order valence-corrected chi connectivity index (χ0v) is 23.7. The van der Waals surface area contributed by atoms with Gasteiger partial charge in [-0.1, -0.05) is 0 Å². The van der Waals surface area contributed by atoms with Crippen molar-refractivity contribution in [1.29, 1.82) is 0 Å². The van der Waals surface area contributed by atoms with Gasteiger partial charge in [0, 0.05) is 6.20 Å². The summed E-state index contributed by atoms with van der Waals surface area (Å²) in [5, 5.41) is 15.1. The van der Waals surface area contributed by atoms with E-state index in [2.05, 4.69) is 10.2 Å². The number of aliphatic hydroxyl groups excluding tert-OH is 1. The Morgan fingerprint density at radius 3 is 2.03 bits per heavy atom. The molecule has 3 N–H and O–H groups in total. The van der Waals surface area contributed by atoms with Crippen molar-refractivity contribution >= 4 is 31.3 Å². The molecular weight excluding hydrogens is 547 g/mol. The fraction of sp³-hybridized carbons (Fsp3) is 0.739. The van der Waals surface area contributed by atoms with Gasteiger partial charge in [0.25, 0.3) is 5.85 Å². The molecule has 222 valence electrons. The molecule has 1 saturated heterocycles. The summed E-state index contributed by atoms with van der Waals surface area (Å²) in [5.74, 6) is -6.49. The number of allylic oxidation sites excluding steroid dienone is 1. The second kappa shape index (κ2) is 12.5. The molecule has 1 amide bonds. The molecule has 2 aliphatic rings. The molecule has 0 aromatic rings. The summed E-state index contributed by atoms with van der Waals surface area (Å²) >= 11 is 0. The summed E-state index contributed by atoms with van der Waals surface area (Å²) in [7, 11) is -4.56. The number of ether oxygens (including phenoxy) is 3. The van der Waals surface area contributed by atoms with Gasteiger partial charge in [0.1, 0.15) is 18.7 Å². The van der Waals surface area contributed by atoms with Gasteiger partial charge in [-0.3, -0.25) is 33.2 Å². The number of amides is 1. The highest BCUT2D eigenvalue weighted by Gasteiger charge is 2.66. The summed E-state index contributed by atoms with van der Waals surface area (Å²) in [6, 6.07) is -2.59. The van der Waals surface area contributed by atoms with Crippen LogP contribution in [0.5, 0.6) is 0 Å². The molecule has 39 heavy (non-hydrogen) atoms. The van der Waals surface area contributed by atoms with E-state index in [1.807, 2.05) is 0 Å². The molecule has 0 unspecified atom stereocenters. The van der Waals surface area contributed by atoms with E-state index in [-0.39, 0.29) is 0 Å². The predicted molar refractivity (Wildman–Crippen MR) is 131 cm³/mol. The van der Waals surface area contributed by atoms with E-state index in [1.165, 1.54) is 13.8 Å². The second-order valence-electron chi connectivity index (χ2n) is 10.1. The van der Waals surface area contributed by atoms with Crippen molar-refractivity contribution in [3.8, 4) is 0 Å². The lowest BCUT2D eigenvalue weighted by Gasteiger charge is -2.32. The number of aliphatic hydroxyl groups is 1. The third kappa shape index (κ3) is 8.12. The standard InChI is InChI=1S/C23H36F2N3O10P/c1-12(2)36-18(31)14(5)26-39(34,27-15(6)19(32)37-13(3)4)35-11-23(25)20(33)22(7,24)21(38-23)28-9-8-16(29)10-17(28)30/h8-9,12-15,20-21,33H,10-11H2,1-7H3,(H2,26,27,34)/t14-,15-,20-,21+,22+,23+/m0/s1. The van der Waals surface area contributed by atoms with Gasteiger partial charge < -0.3 is 19.3 Å². The molecule has 0 radical (unpaired) electrons. The first-order chi connectivity index (χ1) is 17.8. The van der Waals surface area contributed by atoms with Crippen LogP contribution in [0, 0.1) is 0 Å². The summed E-state index contributed by atoms with van der Waals surface area (Å²) in [5.41, 5.74) is -2.90.